The van der Waals surface area contributed by atoms with Crippen LogP contribution in [0.25, 0.3) is 0 Å². The fourth-order valence-electron chi connectivity index (χ4n) is 0.922. The zero-order chi connectivity index (χ0) is 8.74. The van der Waals surface area contributed by atoms with Crippen LogP contribution in [0.3, 0.4) is 0 Å². The Morgan fingerprint density at radius 2 is 1.42 bits per heavy atom. The lowest BCUT2D eigenvalue weighted by Crippen LogP contribution is -1.93. The maximum Gasteiger partial charge on any atom is 0.200 e. The Labute approximate surface area is 86.3 Å². The van der Waals surface area contributed by atoms with Gasteiger partial charge >= 0.3 is 0 Å². The van der Waals surface area contributed by atoms with E-state index < -0.39 is 7.37 Å². The van der Waals surface area contributed by atoms with Gasteiger partial charge < -0.3 is 4.89 Å². The van der Waals surface area contributed by atoms with Crippen molar-refractivity contribution < 1.29 is 9.46 Å². The number of hydrogen-bond acceptors (Lipinski definition) is 1. The van der Waals surface area contributed by atoms with Crippen LogP contribution in [0.5, 0.6) is 0 Å². The van der Waals surface area contributed by atoms with E-state index in [1.807, 2.05) is 13.8 Å². The maximum atomic E-state index is 11.3. The second kappa shape index (κ2) is 8.33. The van der Waals surface area contributed by atoms with Gasteiger partial charge in [0, 0.05) is 12.3 Å². The van der Waals surface area contributed by atoms with E-state index in [1.165, 1.54) is 0 Å². The molecule has 0 aliphatic rings. The van der Waals surface area contributed by atoms with Crippen molar-refractivity contribution in [3.05, 3.63) is 0 Å². The molecule has 0 saturated carbocycles. The molecule has 12 heavy (non-hydrogen) atoms. The normalized spacial score (nSPS) is 10.9. The van der Waals surface area contributed by atoms with Crippen LogP contribution in [0.15, 0.2) is 0 Å². The van der Waals surface area contributed by atoms with E-state index in [9.17, 15) is 9.46 Å². The summed E-state index contributed by atoms with van der Waals surface area (Å²) in [5, 5.41) is 0. The van der Waals surface area contributed by atoms with Crippen molar-refractivity contribution in [1.82, 2.24) is 0 Å². The lowest BCUT2D eigenvalue weighted by atomic mass is 10.4. The highest BCUT2D eigenvalue weighted by molar-refractivity contribution is 7.57. The summed E-state index contributed by atoms with van der Waals surface area (Å²) >= 11 is 0. The second-order valence-electron chi connectivity index (χ2n) is 3.00. The molecule has 0 atom stereocenters. The maximum absolute atomic E-state index is 11.3. The van der Waals surface area contributed by atoms with Gasteiger partial charge in [0.2, 0.25) is 7.37 Å². The van der Waals surface area contributed by atoms with Crippen molar-refractivity contribution in [2.45, 2.75) is 39.5 Å². The van der Waals surface area contributed by atoms with Crippen LogP contribution >= 0.6 is 7.37 Å². The van der Waals surface area contributed by atoms with Crippen LogP contribution in [0.1, 0.15) is 39.5 Å². The first-order valence-electron chi connectivity index (χ1n) is 4.43. The molecule has 0 amide bonds. The summed E-state index contributed by atoms with van der Waals surface area (Å²) in [5.41, 5.74) is 0. The van der Waals surface area contributed by atoms with Gasteiger partial charge in [0.15, 0.2) is 17.4 Å². The SMILES string of the molecule is CCCCP(=O)(O)CCCC.[AlH3]. The van der Waals surface area contributed by atoms with E-state index in [-0.39, 0.29) is 17.4 Å². The van der Waals surface area contributed by atoms with E-state index in [0.717, 1.165) is 25.7 Å². The molecule has 0 aliphatic carbocycles. The highest BCUT2D eigenvalue weighted by Crippen LogP contribution is 2.42. The first kappa shape index (κ1) is 15.2. The number of rotatable bonds is 6. The summed E-state index contributed by atoms with van der Waals surface area (Å²) in [6, 6.07) is 0. The van der Waals surface area contributed by atoms with Crippen LogP contribution < -0.4 is 0 Å². The molecule has 1 N–H and O–H groups in total. The number of hydrogen-bond donors (Lipinski definition) is 1. The van der Waals surface area contributed by atoms with Gasteiger partial charge in [-0.3, -0.25) is 4.57 Å². The minimum Gasteiger partial charge on any atom is -0.344 e. The summed E-state index contributed by atoms with van der Waals surface area (Å²) in [4.78, 5) is 9.33. The Balaban J connectivity index is 0. The summed E-state index contributed by atoms with van der Waals surface area (Å²) in [5.74, 6) is 0. The van der Waals surface area contributed by atoms with Crippen LogP contribution in [0, 0.1) is 0 Å². The molecule has 0 aliphatic heterocycles. The van der Waals surface area contributed by atoms with Gasteiger partial charge in [-0.25, -0.2) is 0 Å². The lowest BCUT2D eigenvalue weighted by Gasteiger charge is -2.09. The van der Waals surface area contributed by atoms with Gasteiger partial charge in [0.05, 0.1) is 0 Å². The minimum atomic E-state index is -2.73. The Morgan fingerprint density at radius 3 is 1.67 bits per heavy atom. The van der Waals surface area contributed by atoms with E-state index >= 15 is 0 Å². The zero-order valence-electron chi connectivity index (χ0n) is 7.55. The third kappa shape index (κ3) is 8.82. The average Bonchev–Trinajstić information content (AvgIpc) is 1.97. The molecule has 0 radical (unpaired) electrons. The third-order valence-corrected chi connectivity index (χ3v) is 3.75. The van der Waals surface area contributed by atoms with Crippen LogP contribution in [-0.4, -0.2) is 34.6 Å². The molecule has 0 heterocycles. The predicted octanol–water partition coefficient (Wildman–Crippen LogP) is 1.67. The highest BCUT2D eigenvalue weighted by atomic mass is 31.2. The molecule has 0 rings (SSSR count). The standard InChI is InChI=1S/C8H19O2P.Al.3H/c1-3-5-7-11(9,10)8-6-4-2;;;;/h3-8H2,1-2H3,(H,9,10);;;;. The fourth-order valence-corrected chi connectivity index (χ4v) is 2.77. The Kier molecular flexibility index (Phi) is 10.6. The van der Waals surface area contributed by atoms with E-state index in [4.69, 9.17) is 0 Å². The van der Waals surface area contributed by atoms with Gasteiger partial charge in [0.25, 0.3) is 0 Å². The van der Waals surface area contributed by atoms with Gasteiger partial charge in [0.1, 0.15) is 0 Å². The molecule has 0 spiro atoms. The first-order chi connectivity index (χ1) is 5.12. The molecule has 2 nitrogen and oxygen atoms in total. The monoisotopic (exact) mass is 208 g/mol. The van der Waals surface area contributed by atoms with Crippen molar-refractivity contribution >= 4 is 24.7 Å². The second-order valence-corrected chi connectivity index (χ2v) is 5.59. The van der Waals surface area contributed by atoms with Crippen molar-refractivity contribution in [3.8, 4) is 0 Å². The van der Waals surface area contributed by atoms with Crippen LogP contribution in [0.4, 0.5) is 0 Å². The number of unbranched alkanes of at least 4 members (excludes halogenated alkanes) is 2. The molecule has 0 saturated heterocycles. The van der Waals surface area contributed by atoms with E-state index in [2.05, 4.69) is 0 Å². The zero-order valence-corrected chi connectivity index (χ0v) is 8.44. The Hall–Kier alpha value is 0.722. The van der Waals surface area contributed by atoms with Gasteiger partial charge in [-0.15, -0.1) is 0 Å². The molecule has 0 unspecified atom stereocenters. The summed E-state index contributed by atoms with van der Waals surface area (Å²) in [6.07, 6.45) is 4.83. The van der Waals surface area contributed by atoms with Crippen LogP contribution in [0.2, 0.25) is 0 Å². The van der Waals surface area contributed by atoms with Crippen molar-refractivity contribution in [1.29, 1.82) is 0 Å². The van der Waals surface area contributed by atoms with Crippen molar-refractivity contribution in [2.24, 2.45) is 0 Å². The smallest absolute Gasteiger partial charge is 0.200 e. The van der Waals surface area contributed by atoms with E-state index in [1.54, 1.807) is 0 Å². The summed E-state index contributed by atoms with van der Waals surface area (Å²) in [6.45, 7) is 4.08. The molecule has 0 aromatic rings. The first-order valence-corrected chi connectivity index (χ1v) is 6.46. The van der Waals surface area contributed by atoms with Gasteiger partial charge in [-0.05, 0) is 12.8 Å². The molecule has 0 fully saturated rings. The summed E-state index contributed by atoms with van der Waals surface area (Å²) < 4.78 is 11.3. The molecule has 0 bridgehead atoms. The third-order valence-electron chi connectivity index (χ3n) is 1.72. The largest absolute Gasteiger partial charge is 0.344 e. The summed E-state index contributed by atoms with van der Waals surface area (Å²) in [7, 11) is -2.73. The Morgan fingerprint density at radius 1 is 1.08 bits per heavy atom. The van der Waals surface area contributed by atoms with Gasteiger partial charge in [-0.1, -0.05) is 26.7 Å². The molecular weight excluding hydrogens is 186 g/mol. The van der Waals surface area contributed by atoms with Gasteiger partial charge in [-0.2, -0.15) is 0 Å². The topological polar surface area (TPSA) is 37.3 Å². The van der Waals surface area contributed by atoms with Crippen molar-refractivity contribution in [3.63, 3.8) is 0 Å². The lowest BCUT2D eigenvalue weighted by molar-refractivity contribution is 0.473. The molecular formula is C8H22AlO2P. The highest BCUT2D eigenvalue weighted by Gasteiger charge is 2.15. The Bertz CT molecular complexity index is 127. The van der Waals surface area contributed by atoms with Crippen molar-refractivity contribution in [2.75, 3.05) is 12.3 Å². The van der Waals surface area contributed by atoms with E-state index in [0.29, 0.717) is 12.3 Å². The molecule has 0 aromatic heterocycles. The minimum absolute atomic E-state index is 0. The predicted molar refractivity (Wildman–Crippen MR) is 59.3 cm³/mol. The fraction of sp³-hybridized carbons (Fsp3) is 1.00. The quantitative estimate of drug-likeness (QED) is 0.532. The molecule has 74 valence electrons. The molecule has 4 heteroatoms. The van der Waals surface area contributed by atoms with Crippen LogP contribution in [-0.2, 0) is 4.57 Å². The average molecular weight is 208 g/mol. The molecule has 0 aromatic carbocycles.